The summed E-state index contributed by atoms with van der Waals surface area (Å²) in [6.45, 7) is 4.85. The molecule has 4 fully saturated rings. The Morgan fingerprint density at radius 1 is 0.982 bits per heavy atom. The van der Waals surface area contributed by atoms with Crippen molar-refractivity contribution in [3.05, 3.63) is 88.6 Å². The second-order valence-electron chi connectivity index (χ2n) is 16.4. The predicted octanol–water partition coefficient (Wildman–Crippen LogP) is 8.66. The Morgan fingerprint density at radius 3 is 2.33 bits per heavy atom. The minimum absolute atomic E-state index is 0.00788. The molecule has 4 aliphatic rings. The largest absolute Gasteiger partial charge is 0.496 e. The Kier molecular flexibility index (Phi) is 9.55. The average Bonchev–Trinajstić information content (AvgIpc) is 3.97. The van der Waals surface area contributed by atoms with Gasteiger partial charge < -0.3 is 24.1 Å². The topological polar surface area (TPSA) is 126 Å². The molecule has 296 valence electrons. The lowest BCUT2D eigenvalue weighted by Crippen LogP contribution is -2.56. The van der Waals surface area contributed by atoms with Crippen LogP contribution in [0.3, 0.4) is 0 Å². The van der Waals surface area contributed by atoms with E-state index < -0.39 is 11.4 Å². The van der Waals surface area contributed by atoms with Crippen LogP contribution in [0.4, 0.5) is 0 Å². The number of β-amino-alcohol motifs (C(OH)–C–C–N with tert-alkyl or cyclic N) is 1. The van der Waals surface area contributed by atoms with Crippen molar-refractivity contribution in [2.75, 3.05) is 34.4 Å². The summed E-state index contributed by atoms with van der Waals surface area (Å²) in [7, 11) is 5.48. The molecular formula is C45H48ClN5O6. The summed E-state index contributed by atoms with van der Waals surface area (Å²) in [5.74, 6) is 1.28. The minimum atomic E-state index is -0.636. The first kappa shape index (κ1) is 37.6. The number of aromatic nitrogens is 3. The fourth-order valence-electron chi connectivity index (χ4n) is 9.83. The predicted molar refractivity (Wildman–Crippen MR) is 220 cm³/mol. The number of carbonyl (C=O) groups is 1. The van der Waals surface area contributed by atoms with Crippen molar-refractivity contribution < 1.29 is 28.9 Å². The molecule has 0 unspecified atom stereocenters. The highest BCUT2D eigenvalue weighted by Crippen LogP contribution is 2.55. The zero-order chi connectivity index (χ0) is 39.6. The van der Waals surface area contributed by atoms with Gasteiger partial charge in [0, 0.05) is 54.8 Å². The van der Waals surface area contributed by atoms with Crippen LogP contribution in [0, 0.1) is 12.3 Å². The van der Waals surface area contributed by atoms with Crippen LogP contribution in [0.25, 0.3) is 50.3 Å². The molecule has 10 rings (SSSR count). The Balaban J connectivity index is 1.01. The SMILES string of the molecule is COc1cc(-n2ncc3c(-c4cccc(-c5nc6cc(CN(C)C78CCC(C(=O)O)(CC7)CC8)cc(Cl)c6o5)c4C)cccc32)cc(OC)c1CN1CC[C@@H](O)C1. The number of benzene rings is 4. The van der Waals surface area contributed by atoms with E-state index in [-0.39, 0.29) is 11.6 Å². The van der Waals surface area contributed by atoms with Crippen molar-refractivity contribution in [2.24, 2.45) is 5.41 Å². The van der Waals surface area contributed by atoms with Gasteiger partial charge in [-0.3, -0.25) is 14.6 Å². The van der Waals surface area contributed by atoms with Gasteiger partial charge >= 0.3 is 5.97 Å². The number of likely N-dealkylation sites (tertiary alicyclic amines) is 1. The van der Waals surface area contributed by atoms with E-state index in [2.05, 4.69) is 48.0 Å². The number of rotatable bonds is 11. The first-order chi connectivity index (χ1) is 27.5. The lowest BCUT2D eigenvalue weighted by atomic mass is 9.57. The first-order valence-corrected chi connectivity index (χ1v) is 20.2. The maximum absolute atomic E-state index is 12.0. The number of aliphatic carboxylic acids is 1. The zero-order valence-corrected chi connectivity index (χ0v) is 33.6. The monoisotopic (exact) mass is 789 g/mol. The summed E-state index contributed by atoms with van der Waals surface area (Å²) in [5, 5.41) is 26.3. The second-order valence-corrected chi connectivity index (χ2v) is 16.8. The Bertz CT molecular complexity index is 2480. The highest BCUT2D eigenvalue weighted by atomic mass is 35.5. The lowest BCUT2D eigenvalue weighted by Gasteiger charge is -2.55. The smallest absolute Gasteiger partial charge is 0.309 e. The van der Waals surface area contributed by atoms with E-state index >= 15 is 0 Å². The number of ether oxygens (including phenoxy) is 2. The molecule has 1 saturated heterocycles. The van der Waals surface area contributed by atoms with Gasteiger partial charge in [-0.05, 0) is 105 Å². The molecule has 2 aromatic heterocycles. The molecule has 2 N–H and O–H groups in total. The molecule has 1 aliphatic heterocycles. The van der Waals surface area contributed by atoms with E-state index in [4.69, 9.17) is 35.6 Å². The van der Waals surface area contributed by atoms with Crippen LogP contribution in [0.1, 0.15) is 61.6 Å². The fraction of sp³-hybridized carbons (Fsp3) is 0.400. The van der Waals surface area contributed by atoms with Gasteiger partial charge in [0.25, 0.3) is 0 Å². The van der Waals surface area contributed by atoms with E-state index in [1.54, 1.807) is 14.2 Å². The normalized spacial score (nSPS) is 22.3. The number of fused-ring (bicyclic) bond motifs is 5. The third-order valence-corrected chi connectivity index (χ3v) is 13.6. The summed E-state index contributed by atoms with van der Waals surface area (Å²) in [6, 6.07) is 20.4. The molecule has 2 bridgehead atoms. The van der Waals surface area contributed by atoms with Gasteiger partial charge in [-0.25, -0.2) is 9.67 Å². The molecule has 3 saturated carbocycles. The summed E-state index contributed by atoms with van der Waals surface area (Å²) in [6.07, 6.45) is 7.24. The highest BCUT2D eigenvalue weighted by molar-refractivity contribution is 6.34. The van der Waals surface area contributed by atoms with Crippen molar-refractivity contribution in [1.82, 2.24) is 24.6 Å². The van der Waals surface area contributed by atoms with Gasteiger partial charge in [0.05, 0.1) is 53.7 Å². The van der Waals surface area contributed by atoms with Gasteiger partial charge in [0.2, 0.25) is 5.89 Å². The summed E-state index contributed by atoms with van der Waals surface area (Å²) < 4.78 is 20.1. The number of halogens is 1. The van der Waals surface area contributed by atoms with Crippen molar-refractivity contribution in [2.45, 2.75) is 76.6 Å². The van der Waals surface area contributed by atoms with Crippen molar-refractivity contribution in [3.8, 4) is 39.8 Å². The first-order valence-electron chi connectivity index (χ1n) is 19.8. The maximum Gasteiger partial charge on any atom is 0.309 e. The number of oxazole rings is 1. The number of nitrogens with zero attached hydrogens (tertiary/aromatic N) is 5. The number of carboxylic acid groups (broad SMARTS) is 1. The summed E-state index contributed by atoms with van der Waals surface area (Å²) in [5.41, 5.74) is 8.45. The molecule has 3 heterocycles. The second kappa shape index (κ2) is 14.5. The van der Waals surface area contributed by atoms with E-state index in [0.717, 1.165) is 101 Å². The van der Waals surface area contributed by atoms with E-state index in [9.17, 15) is 15.0 Å². The summed E-state index contributed by atoms with van der Waals surface area (Å²) in [4.78, 5) is 21.6. The highest BCUT2D eigenvalue weighted by Gasteiger charge is 2.54. The third kappa shape index (κ3) is 6.45. The number of hydrogen-bond acceptors (Lipinski definition) is 9. The van der Waals surface area contributed by atoms with Crippen LogP contribution in [0.15, 0.2) is 71.3 Å². The van der Waals surface area contributed by atoms with Crippen LogP contribution in [0.2, 0.25) is 5.02 Å². The molecule has 57 heavy (non-hydrogen) atoms. The van der Waals surface area contributed by atoms with E-state index in [0.29, 0.717) is 53.1 Å². The third-order valence-electron chi connectivity index (χ3n) is 13.3. The molecule has 11 nitrogen and oxygen atoms in total. The van der Waals surface area contributed by atoms with E-state index in [1.165, 1.54) is 0 Å². The van der Waals surface area contributed by atoms with Gasteiger partial charge in [-0.15, -0.1) is 0 Å². The molecule has 0 spiro atoms. The minimum Gasteiger partial charge on any atom is -0.496 e. The van der Waals surface area contributed by atoms with Crippen molar-refractivity contribution >= 4 is 39.6 Å². The van der Waals surface area contributed by atoms with Crippen LogP contribution < -0.4 is 9.47 Å². The molecule has 1 atom stereocenters. The Hall–Kier alpha value is -4.94. The van der Waals surface area contributed by atoms with Gasteiger partial charge in [0.15, 0.2) is 5.58 Å². The van der Waals surface area contributed by atoms with E-state index in [1.807, 2.05) is 47.3 Å². The molecule has 4 aromatic carbocycles. The molecule has 0 radical (unpaired) electrons. The van der Waals surface area contributed by atoms with Crippen LogP contribution in [0.5, 0.6) is 11.5 Å². The van der Waals surface area contributed by atoms with Gasteiger partial charge in [0.1, 0.15) is 17.0 Å². The number of aliphatic hydroxyl groups excluding tert-OH is 1. The molecule has 12 heteroatoms. The summed E-state index contributed by atoms with van der Waals surface area (Å²) >= 11 is 6.88. The lowest BCUT2D eigenvalue weighted by molar-refractivity contribution is -0.160. The molecule has 3 aliphatic carbocycles. The molecule has 6 aromatic rings. The molecular weight excluding hydrogens is 742 g/mol. The van der Waals surface area contributed by atoms with Gasteiger partial charge in [-0.1, -0.05) is 35.9 Å². The number of carboxylic acids is 1. The van der Waals surface area contributed by atoms with Gasteiger partial charge in [-0.2, -0.15) is 5.10 Å². The Labute approximate surface area is 336 Å². The maximum atomic E-state index is 12.0. The van der Waals surface area contributed by atoms with Crippen molar-refractivity contribution in [3.63, 3.8) is 0 Å². The number of aliphatic hydroxyl groups is 1. The number of methoxy groups -OCH3 is 2. The standard InChI is InChI=1S/C45H48ClN5O6/c1-27-31(33-9-6-10-38-34(33)23-47-51(38)29-21-39(55-3)35(40(22-29)56-4)26-50-18-11-30(52)25-50)7-5-8-32(27)42-48-37-20-28(19-36(46)41(37)57-42)24-49(2)45-15-12-44(13-16-45,14-17-45)43(53)54/h5-10,19-23,30,52H,11-18,24-26H2,1-4H3,(H,53,54)/t30-,44?,45?/m1/s1. The van der Waals surface area contributed by atoms with Crippen LogP contribution >= 0.6 is 11.6 Å². The van der Waals surface area contributed by atoms with Crippen LogP contribution in [-0.2, 0) is 17.9 Å². The zero-order valence-electron chi connectivity index (χ0n) is 32.8. The quantitative estimate of drug-likeness (QED) is 0.132. The number of hydrogen-bond donors (Lipinski definition) is 2. The van der Waals surface area contributed by atoms with Crippen molar-refractivity contribution in [1.29, 1.82) is 0 Å². The Morgan fingerprint density at radius 2 is 1.67 bits per heavy atom. The van der Waals surface area contributed by atoms with Crippen LogP contribution in [-0.4, -0.2) is 86.7 Å². The average molecular weight is 790 g/mol. The fourth-order valence-corrected chi connectivity index (χ4v) is 10.1. The molecule has 0 amide bonds.